The van der Waals surface area contributed by atoms with Gasteiger partial charge in [-0.25, -0.2) is 9.37 Å². The van der Waals surface area contributed by atoms with E-state index in [0.717, 1.165) is 19.6 Å². The molecule has 1 aromatic heterocycles. The van der Waals surface area contributed by atoms with E-state index in [1.165, 1.54) is 22.4 Å². The Hall–Kier alpha value is -2.71. The fourth-order valence-electron chi connectivity index (χ4n) is 3.89. The summed E-state index contributed by atoms with van der Waals surface area (Å²) in [6.07, 6.45) is 0. The lowest BCUT2D eigenvalue weighted by Gasteiger charge is -2.35. The van der Waals surface area contributed by atoms with E-state index < -0.39 is 11.1 Å². The second kappa shape index (κ2) is 9.42. The maximum Gasteiger partial charge on any atom is 0.266 e. The fourth-order valence-corrected chi connectivity index (χ4v) is 4.90. The predicted octanol–water partition coefficient (Wildman–Crippen LogP) is 3.48. The monoisotopic (exact) mass is 454 g/mol. The van der Waals surface area contributed by atoms with Crippen molar-refractivity contribution in [3.8, 4) is 5.69 Å². The number of fused-ring (bicyclic) bond motifs is 1. The number of hydrogen-bond donors (Lipinski definition) is 0. The number of aromatic nitrogens is 2. The van der Waals surface area contributed by atoms with Gasteiger partial charge in [-0.05, 0) is 50.2 Å². The van der Waals surface area contributed by atoms with Crippen molar-refractivity contribution in [1.29, 1.82) is 0 Å². The van der Waals surface area contributed by atoms with Gasteiger partial charge in [-0.3, -0.25) is 14.2 Å². The number of thioether (sulfide) groups is 1. The zero-order valence-corrected chi connectivity index (χ0v) is 19.4. The molecule has 0 radical (unpaired) electrons. The van der Waals surface area contributed by atoms with E-state index in [1.54, 1.807) is 37.3 Å². The highest BCUT2D eigenvalue weighted by Crippen LogP contribution is 2.27. The molecule has 1 unspecified atom stereocenters. The molecule has 1 aliphatic rings. The van der Waals surface area contributed by atoms with Crippen LogP contribution in [0, 0.1) is 12.7 Å². The number of piperazine rings is 1. The Morgan fingerprint density at radius 3 is 2.56 bits per heavy atom. The maximum absolute atomic E-state index is 14.3. The van der Waals surface area contributed by atoms with E-state index in [1.807, 2.05) is 17.9 Å². The number of rotatable bonds is 5. The number of hydrogen-bond acceptors (Lipinski definition) is 5. The van der Waals surface area contributed by atoms with Crippen molar-refractivity contribution in [2.45, 2.75) is 31.2 Å². The summed E-state index contributed by atoms with van der Waals surface area (Å²) < 4.78 is 15.7. The van der Waals surface area contributed by atoms with E-state index >= 15 is 0 Å². The molecule has 1 saturated heterocycles. The van der Waals surface area contributed by atoms with E-state index in [0.29, 0.717) is 40.4 Å². The first-order valence-electron chi connectivity index (χ1n) is 10.8. The second-order valence-electron chi connectivity index (χ2n) is 8.01. The first-order valence-corrected chi connectivity index (χ1v) is 11.7. The van der Waals surface area contributed by atoms with E-state index in [-0.39, 0.29) is 11.5 Å². The van der Waals surface area contributed by atoms with Crippen LogP contribution in [0.4, 0.5) is 4.39 Å². The van der Waals surface area contributed by atoms with Crippen molar-refractivity contribution < 1.29 is 9.18 Å². The molecule has 168 valence electrons. The number of para-hydroxylation sites is 1. The Morgan fingerprint density at radius 2 is 1.88 bits per heavy atom. The fraction of sp³-hybridized carbons (Fsp3) is 0.375. The first-order chi connectivity index (χ1) is 15.4. The largest absolute Gasteiger partial charge is 0.339 e. The zero-order chi connectivity index (χ0) is 22.8. The number of halogens is 1. The van der Waals surface area contributed by atoms with E-state index in [4.69, 9.17) is 0 Å². The molecule has 1 atom stereocenters. The summed E-state index contributed by atoms with van der Waals surface area (Å²) in [4.78, 5) is 35.3. The average Bonchev–Trinajstić information content (AvgIpc) is 2.81. The number of benzene rings is 2. The van der Waals surface area contributed by atoms with Crippen LogP contribution in [-0.4, -0.2) is 63.2 Å². The number of carbonyl (C=O) groups excluding carboxylic acids is 1. The van der Waals surface area contributed by atoms with Crippen molar-refractivity contribution in [3.05, 3.63) is 64.2 Å². The molecule has 8 heteroatoms. The number of likely N-dealkylation sites (N-methyl/N-ethyl adjacent to an activating group) is 1. The molecule has 0 bridgehead atoms. The summed E-state index contributed by atoms with van der Waals surface area (Å²) in [5.74, 6) is -0.369. The van der Waals surface area contributed by atoms with Crippen molar-refractivity contribution in [2.24, 2.45) is 0 Å². The molecular formula is C24H27FN4O2S. The summed E-state index contributed by atoms with van der Waals surface area (Å²) in [6, 6.07) is 11.8. The van der Waals surface area contributed by atoms with Gasteiger partial charge in [0.05, 0.1) is 21.8 Å². The zero-order valence-electron chi connectivity index (χ0n) is 18.5. The Labute approximate surface area is 191 Å². The highest BCUT2D eigenvalue weighted by molar-refractivity contribution is 8.00. The Bertz CT molecular complexity index is 1200. The van der Waals surface area contributed by atoms with Crippen molar-refractivity contribution in [2.75, 3.05) is 32.7 Å². The number of amides is 1. The van der Waals surface area contributed by atoms with Gasteiger partial charge in [0.25, 0.3) is 5.56 Å². The van der Waals surface area contributed by atoms with E-state index in [9.17, 15) is 14.0 Å². The number of aryl methyl sites for hydroxylation is 1. The van der Waals surface area contributed by atoms with Gasteiger partial charge in [-0.2, -0.15) is 0 Å². The van der Waals surface area contributed by atoms with Gasteiger partial charge in [0.2, 0.25) is 5.91 Å². The van der Waals surface area contributed by atoms with Crippen LogP contribution in [0.25, 0.3) is 16.6 Å². The average molecular weight is 455 g/mol. The Morgan fingerprint density at radius 1 is 1.16 bits per heavy atom. The molecule has 1 aliphatic heterocycles. The lowest BCUT2D eigenvalue weighted by atomic mass is 10.2. The quantitative estimate of drug-likeness (QED) is 0.436. The van der Waals surface area contributed by atoms with Crippen molar-refractivity contribution in [1.82, 2.24) is 19.4 Å². The van der Waals surface area contributed by atoms with Crippen LogP contribution >= 0.6 is 11.8 Å². The first kappa shape index (κ1) is 22.5. The second-order valence-corrected chi connectivity index (χ2v) is 9.31. The summed E-state index contributed by atoms with van der Waals surface area (Å²) >= 11 is 1.24. The molecule has 0 spiro atoms. The molecule has 3 aromatic rings. The predicted molar refractivity (Wildman–Crippen MR) is 126 cm³/mol. The Balaban J connectivity index is 1.70. The standard InChI is InChI=1S/C24H27FN4O2S/c1-4-27-11-13-28(14-12-27)22(30)17(3)32-24-26-21-8-6-5-7-19(21)23(31)29(24)18-10-9-16(2)20(25)15-18/h5-10,15,17H,4,11-14H2,1-3H3. The minimum absolute atomic E-state index is 0.0230. The molecule has 2 aromatic carbocycles. The van der Waals surface area contributed by atoms with Gasteiger partial charge < -0.3 is 9.80 Å². The van der Waals surface area contributed by atoms with Crippen LogP contribution in [0.15, 0.2) is 52.4 Å². The topological polar surface area (TPSA) is 58.4 Å². The third-order valence-corrected chi connectivity index (χ3v) is 6.96. The molecule has 2 heterocycles. The third kappa shape index (κ3) is 4.42. The van der Waals surface area contributed by atoms with Gasteiger partial charge in [0.15, 0.2) is 5.16 Å². The lowest BCUT2D eigenvalue weighted by Crippen LogP contribution is -2.50. The minimum atomic E-state index is -0.433. The van der Waals surface area contributed by atoms with Crippen LogP contribution < -0.4 is 5.56 Å². The molecule has 0 aliphatic carbocycles. The highest BCUT2D eigenvalue weighted by Gasteiger charge is 2.27. The molecule has 1 fully saturated rings. The Kier molecular flexibility index (Phi) is 6.62. The summed E-state index contributed by atoms with van der Waals surface area (Å²) in [6.45, 7) is 9.72. The van der Waals surface area contributed by atoms with Crippen LogP contribution in [0.2, 0.25) is 0 Å². The molecule has 0 saturated carbocycles. The van der Waals surface area contributed by atoms with Gasteiger partial charge >= 0.3 is 0 Å². The number of carbonyl (C=O) groups is 1. The summed E-state index contributed by atoms with van der Waals surface area (Å²) in [5.41, 5.74) is 1.17. The van der Waals surface area contributed by atoms with Gasteiger partial charge in [-0.15, -0.1) is 0 Å². The van der Waals surface area contributed by atoms with Gasteiger partial charge in [-0.1, -0.05) is 36.9 Å². The van der Waals surface area contributed by atoms with Crippen molar-refractivity contribution in [3.63, 3.8) is 0 Å². The molecule has 32 heavy (non-hydrogen) atoms. The van der Waals surface area contributed by atoms with Crippen LogP contribution in [0.3, 0.4) is 0 Å². The van der Waals surface area contributed by atoms with Crippen LogP contribution in [0.5, 0.6) is 0 Å². The lowest BCUT2D eigenvalue weighted by molar-refractivity contribution is -0.132. The number of nitrogens with zero attached hydrogens (tertiary/aromatic N) is 4. The smallest absolute Gasteiger partial charge is 0.266 e. The summed E-state index contributed by atoms with van der Waals surface area (Å²) in [7, 11) is 0. The van der Waals surface area contributed by atoms with Gasteiger partial charge in [0, 0.05) is 26.2 Å². The molecule has 4 rings (SSSR count). The van der Waals surface area contributed by atoms with Crippen LogP contribution in [-0.2, 0) is 4.79 Å². The van der Waals surface area contributed by atoms with Crippen LogP contribution in [0.1, 0.15) is 19.4 Å². The van der Waals surface area contributed by atoms with Crippen molar-refractivity contribution >= 4 is 28.6 Å². The van der Waals surface area contributed by atoms with Gasteiger partial charge in [0.1, 0.15) is 5.82 Å². The highest BCUT2D eigenvalue weighted by atomic mass is 32.2. The minimum Gasteiger partial charge on any atom is -0.339 e. The summed E-state index contributed by atoms with van der Waals surface area (Å²) in [5, 5.41) is 0.398. The molecule has 0 N–H and O–H groups in total. The SMILES string of the molecule is CCN1CCN(C(=O)C(C)Sc2nc3ccccc3c(=O)n2-c2ccc(C)c(F)c2)CC1. The molecular weight excluding hydrogens is 427 g/mol. The maximum atomic E-state index is 14.3. The molecule has 1 amide bonds. The van der Waals surface area contributed by atoms with E-state index in [2.05, 4.69) is 16.8 Å². The third-order valence-electron chi connectivity index (χ3n) is 5.92. The normalized spacial score (nSPS) is 15.8. The molecule has 6 nitrogen and oxygen atoms in total.